The van der Waals surface area contributed by atoms with E-state index in [-0.39, 0.29) is 24.0 Å². The van der Waals surface area contributed by atoms with Gasteiger partial charge >= 0.3 is 0 Å². The maximum absolute atomic E-state index is 12.2. The first-order valence-corrected chi connectivity index (χ1v) is 6.63. The molecule has 0 spiro atoms. The molecule has 1 saturated carbocycles. The van der Waals surface area contributed by atoms with Gasteiger partial charge in [0.15, 0.2) is 0 Å². The van der Waals surface area contributed by atoms with E-state index in [4.69, 9.17) is 9.84 Å². The number of carbonyl (C=O) groups excluding carboxylic acids is 1. The standard InChI is InChI=1S/C13H23NO3/c1-17-13(5-3-6-13)8-12(16)14-7-2-4-11(9-14)10-15/h11,15H,2-10H2,1H3. The molecule has 2 fully saturated rings. The highest BCUT2D eigenvalue weighted by Crippen LogP contribution is 2.38. The summed E-state index contributed by atoms with van der Waals surface area (Å²) in [6.07, 6.45) is 5.74. The molecule has 0 aromatic carbocycles. The van der Waals surface area contributed by atoms with E-state index in [0.717, 1.165) is 38.8 Å². The monoisotopic (exact) mass is 241 g/mol. The number of rotatable bonds is 4. The second-order valence-electron chi connectivity index (χ2n) is 5.45. The lowest BCUT2D eigenvalue weighted by molar-refractivity contribution is -0.146. The molecule has 1 N–H and O–H groups in total. The fraction of sp³-hybridized carbons (Fsp3) is 0.923. The number of ether oxygens (including phenoxy) is 1. The maximum atomic E-state index is 12.2. The summed E-state index contributed by atoms with van der Waals surface area (Å²) in [6, 6.07) is 0. The third kappa shape index (κ3) is 2.80. The number of aliphatic hydroxyl groups is 1. The van der Waals surface area contributed by atoms with E-state index in [9.17, 15) is 4.79 Å². The van der Waals surface area contributed by atoms with Crippen LogP contribution in [-0.4, -0.2) is 48.3 Å². The van der Waals surface area contributed by atoms with Crippen molar-refractivity contribution in [3.63, 3.8) is 0 Å². The van der Waals surface area contributed by atoms with Crippen LogP contribution in [0.2, 0.25) is 0 Å². The Kier molecular flexibility index (Phi) is 4.05. The van der Waals surface area contributed by atoms with Gasteiger partial charge in [-0.1, -0.05) is 0 Å². The predicted octanol–water partition coefficient (Wildman–Crippen LogP) is 1.18. The summed E-state index contributed by atoms with van der Waals surface area (Å²) in [5.74, 6) is 0.470. The first kappa shape index (κ1) is 12.8. The van der Waals surface area contributed by atoms with E-state index in [0.29, 0.717) is 6.42 Å². The van der Waals surface area contributed by atoms with Crippen LogP contribution in [-0.2, 0) is 9.53 Å². The summed E-state index contributed by atoms with van der Waals surface area (Å²) in [7, 11) is 1.71. The molecule has 98 valence electrons. The Balaban J connectivity index is 1.86. The number of likely N-dealkylation sites (tertiary alicyclic amines) is 1. The molecule has 0 aromatic rings. The van der Waals surface area contributed by atoms with E-state index < -0.39 is 0 Å². The summed E-state index contributed by atoms with van der Waals surface area (Å²) in [5, 5.41) is 9.16. The lowest BCUT2D eigenvalue weighted by atomic mass is 9.77. The third-order valence-electron chi connectivity index (χ3n) is 4.30. The number of amides is 1. The van der Waals surface area contributed by atoms with Crippen LogP contribution in [0.4, 0.5) is 0 Å². The van der Waals surface area contributed by atoms with Crippen LogP contribution in [0.1, 0.15) is 38.5 Å². The zero-order chi connectivity index (χ0) is 12.3. The highest BCUT2D eigenvalue weighted by molar-refractivity contribution is 5.77. The first-order valence-electron chi connectivity index (χ1n) is 6.63. The van der Waals surface area contributed by atoms with Gasteiger partial charge < -0.3 is 14.7 Å². The largest absolute Gasteiger partial charge is 0.396 e. The van der Waals surface area contributed by atoms with Gasteiger partial charge in [0.2, 0.25) is 5.91 Å². The molecule has 1 aliphatic heterocycles. The highest BCUT2D eigenvalue weighted by Gasteiger charge is 2.40. The molecule has 1 atom stereocenters. The number of methoxy groups -OCH3 is 1. The molecule has 1 unspecified atom stereocenters. The predicted molar refractivity (Wildman–Crippen MR) is 64.6 cm³/mol. The molecule has 1 aliphatic carbocycles. The van der Waals surface area contributed by atoms with Crippen LogP contribution in [0.3, 0.4) is 0 Å². The molecule has 1 amide bonds. The maximum Gasteiger partial charge on any atom is 0.225 e. The van der Waals surface area contributed by atoms with Crippen molar-refractivity contribution in [2.45, 2.75) is 44.1 Å². The quantitative estimate of drug-likeness (QED) is 0.804. The molecule has 1 heterocycles. The number of hydrogen-bond donors (Lipinski definition) is 1. The van der Waals surface area contributed by atoms with Gasteiger partial charge in [0, 0.05) is 26.8 Å². The second kappa shape index (κ2) is 5.36. The summed E-state index contributed by atoms with van der Waals surface area (Å²) < 4.78 is 5.49. The highest BCUT2D eigenvalue weighted by atomic mass is 16.5. The van der Waals surface area contributed by atoms with Crippen LogP contribution in [0.15, 0.2) is 0 Å². The zero-order valence-corrected chi connectivity index (χ0v) is 10.7. The van der Waals surface area contributed by atoms with Gasteiger partial charge in [-0.05, 0) is 38.0 Å². The Morgan fingerprint density at radius 2 is 2.24 bits per heavy atom. The van der Waals surface area contributed by atoms with Crippen molar-refractivity contribution >= 4 is 5.91 Å². The molecule has 4 nitrogen and oxygen atoms in total. The second-order valence-corrected chi connectivity index (χ2v) is 5.45. The number of nitrogens with zero attached hydrogens (tertiary/aromatic N) is 1. The van der Waals surface area contributed by atoms with Crippen LogP contribution in [0.5, 0.6) is 0 Å². The number of aliphatic hydroxyl groups excluding tert-OH is 1. The number of piperidine rings is 1. The Labute approximate surface area is 103 Å². The summed E-state index contributed by atoms with van der Waals surface area (Å²) >= 11 is 0. The average Bonchev–Trinajstić information content (AvgIpc) is 2.33. The molecule has 0 bridgehead atoms. The lowest BCUT2D eigenvalue weighted by Crippen LogP contribution is -2.47. The number of carbonyl (C=O) groups is 1. The zero-order valence-electron chi connectivity index (χ0n) is 10.7. The van der Waals surface area contributed by atoms with Crippen molar-refractivity contribution in [3.8, 4) is 0 Å². The van der Waals surface area contributed by atoms with E-state index in [1.165, 1.54) is 6.42 Å². The fourth-order valence-corrected chi connectivity index (χ4v) is 2.85. The summed E-state index contributed by atoms with van der Waals surface area (Å²) in [4.78, 5) is 14.1. The van der Waals surface area contributed by atoms with Crippen LogP contribution >= 0.6 is 0 Å². The SMILES string of the molecule is COC1(CC(=O)N2CCCC(CO)C2)CCC1. The van der Waals surface area contributed by atoms with Gasteiger partial charge in [-0.3, -0.25) is 4.79 Å². The van der Waals surface area contributed by atoms with Gasteiger partial charge in [0.25, 0.3) is 0 Å². The first-order chi connectivity index (χ1) is 8.19. The van der Waals surface area contributed by atoms with Gasteiger partial charge in [0.05, 0.1) is 12.0 Å². The van der Waals surface area contributed by atoms with Crippen LogP contribution in [0.25, 0.3) is 0 Å². The van der Waals surface area contributed by atoms with Gasteiger partial charge in [-0.2, -0.15) is 0 Å². The van der Waals surface area contributed by atoms with E-state index in [1.807, 2.05) is 4.90 Å². The fourth-order valence-electron chi connectivity index (χ4n) is 2.85. The topological polar surface area (TPSA) is 49.8 Å². The Hall–Kier alpha value is -0.610. The third-order valence-corrected chi connectivity index (χ3v) is 4.30. The molecule has 4 heteroatoms. The van der Waals surface area contributed by atoms with Crippen LogP contribution < -0.4 is 0 Å². The van der Waals surface area contributed by atoms with E-state index in [2.05, 4.69) is 0 Å². The Morgan fingerprint density at radius 1 is 1.47 bits per heavy atom. The molecule has 0 aromatic heterocycles. The van der Waals surface area contributed by atoms with Gasteiger partial charge in [-0.15, -0.1) is 0 Å². The number of hydrogen-bond acceptors (Lipinski definition) is 3. The molecule has 2 aliphatic rings. The van der Waals surface area contributed by atoms with Gasteiger partial charge in [0.1, 0.15) is 0 Å². The summed E-state index contributed by atoms with van der Waals surface area (Å²) in [6.45, 7) is 1.75. The van der Waals surface area contributed by atoms with Crippen molar-refractivity contribution < 1.29 is 14.6 Å². The molecule has 0 radical (unpaired) electrons. The van der Waals surface area contributed by atoms with Crippen molar-refractivity contribution in [3.05, 3.63) is 0 Å². The molecular formula is C13H23NO3. The smallest absolute Gasteiger partial charge is 0.225 e. The molecule has 1 saturated heterocycles. The van der Waals surface area contributed by atoms with Crippen LogP contribution in [0, 0.1) is 5.92 Å². The Bertz CT molecular complexity index is 270. The minimum atomic E-state index is -0.177. The molecule has 17 heavy (non-hydrogen) atoms. The minimum Gasteiger partial charge on any atom is -0.396 e. The summed E-state index contributed by atoms with van der Waals surface area (Å²) in [5.41, 5.74) is -0.177. The van der Waals surface area contributed by atoms with Crippen molar-refractivity contribution in [2.75, 3.05) is 26.8 Å². The van der Waals surface area contributed by atoms with E-state index in [1.54, 1.807) is 7.11 Å². The van der Waals surface area contributed by atoms with Crippen molar-refractivity contribution in [2.24, 2.45) is 5.92 Å². The Morgan fingerprint density at radius 3 is 2.76 bits per heavy atom. The van der Waals surface area contributed by atoms with E-state index >= 15 is 0 Å². The van der Waals surface area contributed by atoms with Gasteiger partial charge in [-0.25, -0.2) is 0 Å². The minimum absolute atomic E-state index is 0.177. The van der Waals surface area contributed by atoms with Crippen molar-refractivity contribution in [1.29, 1.82) is 0 Å². The molecule has 2 rings (SSSR count). The molecular weight excluding hydrogens is 218 g/mol. The normalized spacial score (nSPS) is 27.6. The average molecular weight is 241 g/mol. The van der Waals surface area contributed by atoms with Crippen molar-refractivity contribution in [1.82, 2.24) is 4.90 Å². The lowest BCUT2D eigenvalue weighted by Gasteiger charge is -2.42.